The summed E-state index contributed by atoms with van der Waals surface area (Å²) in [5, 5.41) is 19.5. The molecule has 6 nitrogen and oxygen atoms in total. The van der Waals surface area contributed by atoms with Crippen molar-refractivity contribution in [2.24, 2.45) is 0 Å². The maximum atomic E-state index is 5.29. The molecule has 0 amide bonds. The number of hydrogen-bond donors (Lipinski definition) is 0. The van der Waals surface area contributed by atoms with Gasteiger partial charge in [0.25, 0.3) is 0 Å². The molecule has 0 aliphatic heterocycles. The number of benzene rings is 18. The standard InChI is InChI=1S/C52H33N3.C50H31N3/c1-3-11-34(12-4-1)36-19-21-38(22-20-36)51-45-29-25-42(35-13-5-2-6-14-35)32-47(45)53-52(54-51)39-23-27-43(28-24-39)55-48-30-26-37-15-9-10-18-44(37)50(48)46-31-40-16-7-8-17-41(40)33-49(46)55;1-2-10-32(11-3-1)39-22-26-43-45(30-39)51-50(52-49(43)40-19-18-33-12-4-5-14-36(33)28-40)35-20-24-41(25-21-35)53-46-27-23-34-13-8-9-17-42(34)48(46)44-29-37-15-6-7-16-38(37)31-47(44)53/h1-33H;1-31H. The van der Waals surface area contributed by atoms with E-state index in [-0.39, 0.29) is 0 Å². The van der Waals surface area contributed by atoms with Gasteiger partial charge in [0.05, 0.1) is 44.5 Å². The summed E-state index contributed by atoms with van der Waals surface area (Å²) in [5.74, 6) is 1.40. The second-order valence-corrected chi connectivity index (χ2v) is 28.1. The fourth-order valence-corrected chi connectivity index (χ4v) is 16.4. The zero-order valence-electron chi connectivity index (χ0n) is 58.6. The third-order valence-electron chi connectivity index (χ3n) is 21.7. The number of nitrogens with zero attached hydrogens (tertiary/aromatic N) is 6. The van der Waals surface area contributed by atoms with Crippen LogP contribution in [-0.4, -0.2) is 29.1 Å². The van der Waals surface area contributed by atoms with Gasteiger partial charge in [-0.1, -0.05) is 273 Å². The van der Waals surface area contributed by atoms with Crippen molar-refractivity contribution in [3.05, 3.63) is 388 Å². The molecule has 0 aliphatic rings. The van der Waals surface area contributed by atoms with E-state index in [1.54, 1.807) is 0 Å². The van der Waals surface area contributed by atoms with Crippen molar-refractivity contribution in [2.45, 2.75) is 0 Å². The highest BCUT2D eigenvalue weighted by Crippen LogP contribution is 2.43. The molecule has 0 bridgehead atoms. The molecule has 0 radical (unpaired) electrons. The molecule has 0 unspecified atom stereocenters. The topological polar surface area (TPSA) is 61.4 Å². The second kappa shape index (κ2) is 25.7. The van der Waals surface area contributed by atoms with E-state index in [9.17, 15) is 0 Å². The third-order valence-corrected chi connectivity index (χ3v) is 21.7. The van der Waals surface area contributed by atoms with Crippen LogP contribution in [0.5, 0.6) is 0 Å². The average Bonchev–Trinajstić information content (AvgIpc) is 1.55. The molecule has 18 aromatic carbocycles. The van der Waals surface area contributed by atoms with Gasteiger partial charge in [0.15, 0.2) is 11.6 Å². The maximum Gasteiger partial charge on any atom is 0.160 e. The summed E-state index contributed by atoms with van der Waals surface area (Å²) in [6.45, 7) is 0. The van der Waals surface area contributed by atoms with Crippen LogP contribution in [0.2, 0.25) is 0 Å². The Morgan fingerprint density at radius 2 is 0.491 bits per heavy atom. The van der Waals surface area contributed by atoms with Crippen LogP contribution in [-0.2, 0) is 0 Å². The van der Waals surface area contributed by atoms with Crippen molar-refractivity contribution in [3.63, 3.8) is 0 Å². The number of aromatic nitrogens is 6. The predicted molar refractivity (Wildman–Crippen MR) is 453 cm³/mol. The van der Waals surface area contributed by atoms with Crippen LogP contribution in [0, 0.1) is 0 Å². The number of hydrogen-bond acceptors (Lipinski definition) is 4. The minimum absolute atomic E-state index is 0.700. The van der Waals surface area contributed by atoms with Crippen molar-refractivity contribution in [1.82, 2.24) is 29.1 Å². The Balaban J connectivity index is 0.000000138. The first kappa shape index (κ1) is 62.1. The van der Waals surface area contributed by atoms with Gasteiger partial charge in [0.2, 0.25) is 0 Å². The van der Waals surface area contributed by atoms with E-state index >= 15 is 0 Å². The molecule has 6 heteroatoms. The van der Waals surface area contributed by atoms with Crippen molar-refractivity contribution >= 4 is 119 Å². The Bertz CT molecular complexity index is 7310. The average molecular weight is 1370 g/mol. The zero-order chi connectivity index (χ0) is 71.2. The number of fused-ring (bicyclic) bond motifs is 15. The molecule has 0 atom stereocenters. The molecule has 0 spiro atoms. The Kier molecular flexibility index (Phi) is 14.8. The monoisotopic (exact) mass is 1370 g/mol. The van der Waals surface area contributed by atoms with Crippen molar-refractivity contribution in [3.8, 4) is 90.0 Å². The summed E-state index contributed by atoms with van der Waals surface area (Å²) in [5.41, 5.74) is 21.7. The van der Waals surface area contributed by atoms with E-state index in [4.69, 9.17) is 19.9 Å². The first-order chi connectivity index (χ1) is 53.5. The summed E-state index contributed by atoms with van der Waals surface area (Å²) in [7, 11) is 0. The van der Waals surface area contributed by atoms with Gasteiger partial charge in [-0.2, -0.15) is 0 Å². The lowest BCUT2D eigenvalue weighted by molar-refractivity contribution is 1.18. The minimum Gasteiger partial charge on any atom is -0.309 e. The van der Waals surface area contributed by atoms with E-state index in [1.807, 2.05) is 0 Å². The maximum absolute atomic E-state index is 5.29. The van der Waals surface area contributed by atoms with Gasteiger partial charge < -0.3 is 9.13 Å². The molecule has 0 fully saturated rings. The molecule has 502 valence electrons. The van der Waals surface area contributed by atoms with Crippen molar-refractivity contribution in [2.75, 3.05) is 0 Å². The highest BCUT2D eigenvalue weighted by Gasteiger charge is 2.22. The third kappa shape index (κ3) is 10.8. The van der Waals surface area contributed by atoms with Crippen LogP contribution in [0.3, 0.4) is 0 Å². The molecular formula is C102H64N6. The highest BCUT2D eigenvalue weighted by molar-refractivity contribution is 6.25. The summed E-state index contributed by atoms with van der Waals surface area (Å²) < 4.78 is 4.81. The molecule has 4 aromatic heterocycles. The van der Waals surface area contributed by atoms with Crippen LogP contribution in [0.1, 0.15) is 0 Å². The first-order valence-corrected chi connectivity index (χ1v) is 36.8. The number of rotatable bonds is 9. The van der Waals surface area contributed by atoms with Crippen LogP contribution in [0.25, 0.3) is 209 Å². The molecular weight excluding hydrogens is 1310 g/mol. The van der Waals surface area contributed by atoms with E-state index in [0.717, 1.165) is 89.1 Å². The predicted octanol–water partition coefficient (Wildman–Crippen LogP) is 26.9. The van der Waals surface area contributed by atoms with Gasteiger partial charge in [0.1, 0.15) is 0 Å². The van der Waals surface area contributed by atoms with Gasteiger partial charge in [-0.15, -0.1) is 0 Å². The molecule has 108 heavy (non-hydrogen) atoms. The summed E-state index contributed by atoms with van der Waals surface area (Å²) in [6, 6.07) is 139. The first-order valence-electron chi connectivity index (χ1n) is 36.8. The minimum atomic E-state index is 0.700. The SMILES string of the molecule is c1ccc(-c2ccc(-c3nc(-c4ccc(-n5c6cc7ccccc7cc6c6c7ccccc7ccc65)cc4)nc4cc(-c5ccccc5)ccc34)cc2)cc1.c1ccc(-c2ccc3c(-c4ccc5ccccc5c4)nc(-c4ccc(-n5c6cc7ccccc7cc6c6c7ccccc7ccc65)cc4)nc3c2)cc1. The van der Waals surface area contributed by atoms with Crippen LogP contribution < -0.4 is 0 Å². The molecule has 22 rings (SSSR count). The Morgan fingerprint density at radius 3 is 0.944 bits per heavy atom. The lowest BCUT2D eigenvalue weighted by atomic mass is 9.99. The fraction of sp³-hybridized carbons (Fsp3) is 0. The quantitative estimate of drug-likeness (QED) is 0.144. The van der Waals surface area contributed by atoms with E-state index in [1.165, 1.54) is 109 Å². The van der Waals surface area contributed by atoms with Gasteiger partial charge in [-0.25, -0.2) is 19.9 Å². The molecule has 0 saturated carbocycles. The normalized spacial score (nSPS) is 11.7. The largest absolute Gasteiger partial charge is 0.309 e. The van der Waals surface area contributed by atoms with E-state index < -0.39 is 0 Å². The molecule has 0 saturated heterocycles. The van der Waals surface area contributed by atoms with Gasteiger partial charge in [-0.3, -0.25) is 0 Å². The smallest absolute Gasteiger partial charge is 0.160 e. The fourth-order valence-electron chi connectivity index (χ4n) is 16.4. The lowest BCUT2D eigenvalue weighted by Gasteiger charge is -2.13. The Morgan fingerprint density at radius 1 is 0.167 bits per heavy atom. The zero-order valence-corrected chi connectivity index (χ0v) is 58.6. The molecule has 22 aromatic rings. The van der Waals surface area contributed by atoms with Crippen molar-refractivity contribution in [1.29, 1.82) is 0 Å². The van der Waals surface area contributed by atoms with Gasteiger partial charge in [-0.05, 0) is 203 Å². The van der Waals surface area contributed by atoms with Gasteiger partial charge >= 0.3 is 0 Å². The highest BCUT2D eigenvalue weighted by atomic mass is 15.0. The van der Waals surface area contributed by atoms with Crippen LogP contribution in [0.4, 0.5) is 0 Å². The summed E-state index contributed by atoms with van der Waals surface area (Å²) in [6.07, 6.45) is 0. The lowest BCUT2D eigenvalue weighted by Crippen LogP contribution is -1.97. The summed E-state index contributed by atoms with van der Waals surface area (Å²) >= 11 is 0. The molecule has 0 N–H and O–H groups in total. The van der Waals surface area contributed by atoms with E-state index in [0.29, 0.717) is 11.6 Å². The van der Waals surface area contributed by atoms with Gasteiger partial charge in [0, 0.05) is 65.9 Å². The van der Waals surface area contributed by atoms with Crippen LogP contribution >= 0.6 is 0 Å². The van der Waals surface area contributed by atoms with Crippen LogP contribution in [0.15, 0.2) is 388 Å². The molecule has 4 heterocycles. The second-order valence-electron chi connectivity index (χ2n) is 28.1. The van der Waals surface area contributed by atoms with Crippen molar-refractivity contribution < 1.29 is 0 Å². The summed E-state index contributed by atoms with van der Waals surface area (Å²) in [4.78, 5) is 21.0. The Labute approximate surface area is 622 Å². The Hall–Kier alpha value is -14.5. The molecule has 0 aliphatic carbocycles. The van der Waals surface area contributed by atoms with E-state index in [2.05, 4.69) is 397 Å².